The third-order valence-corrected chi connectivity index (χ3v) is 6.44. The predicted molar refractivity (Wildman–Crippen MR) is 127 cm³/mol. The molecule has 2 aliphatic heterocycles. The number of nitrogens with zero attached hydrogens (tertiary/aromatic N) is 4. The normalized spacial score (nSPS) is 17.8. The fraction of sp³-hybridized carbons (Fsp3) is 0.143. The maximum absolute atomic E-state index is 13.9. The van der Waals surface area contributed by atoms with Crippen LogP contribution in [0.4, 0.5) is 0 Å². The molecular formula is C28H20N4O4. The molecule has 2 aliphatic rings. The minimum Gasteiger partial charge on any atom is -0.348 e. The number of carbonyl (C=O) groups excluding carboxylic acids is 2. The van der Waals surface area contributed by atoms with Gasteiger partial charge in [-0.25, -0.2) is 10.0 Å². The minimum atomic E-state index is -1.63. The summed E-state index contributed by atoms with van der Waals surface area (Å²) in [4.78, 5) is 27.8. The van der Waals surface area contributed by atoms with Gasteiger partial charge in [-0.1, -0.05) is 54.6 Å². The van der Waals surface area contributed by atoms with E-state index in [1.54, 1.807) is 72.8 Å². The summed E-state index contributed by atoms with van der Waals surface area (Å²) in [6.07, 6.45) is 0. The Morgan fingerprint density at radius 1 is 0.694 bits per heavy atom. The Morgan fingerprint density at radius 2 is 1.11 bits per heavy atom. The van der Waals surface area contributed by atoms with Crippen LogP contribution in [0.15, 0.2) is 78.9 Å². The molecule has 2 saturated heterocycles. The van der Waals surface area contributed by atoms with Crippen LogP contribution >= 0.6 is 0 Å². The van der Waals surface area contributed by atoms with Crippen LogP contribution in [0.5, 0.6) is 0 Å². The highest BCUT2D eigenvalue weighted by atomic mass is 16.7. The van der Waals surface area contributed by atoms with Crippen LogP contribution in [0.2, 0.25) is 0 Å². The van der Waals surface area contributed by atoms with Gasteiger partial charge in [0, 0.05) is 14.2 Å². The van der Waals surface area contributed by atoms with E-state index in [1.807, 2.05) is 6.07 Å². The van der Waals surface area contributed by atoms with Crippen molar-refractivity contribution in [1.82, 2.24) is 10.0 Å². The number of carbonyl (C=O) groups is 2. The second-order valence-corrected chi connectivity index (χ2v) is 8.24. The number of nitriles is 2. The summed E-state index contributed by atoms with van der Waals surface area (Å²) in [6, 6.07) is 26.9. The summed E-state index contributed by atoms with van der Waals surface area (Å²) in [7, 11) is 2.87. The van der Waals surface area contributed by atoms with Crippen molar-refractivity contribution in [2.75, 3.05) is 14.2 Å². The zero-order valence-electron chi connectivity index (χ0n) is 19.5. The summed E-state index contributed by atoms with van der Waals surface area (Å²) in [5.74, 6) is -3.59. The monoisotopic (exact) mass is 476 g/mol. The van der Waals surface area contributed by atoms with Crippen molar-refractivity contribution in [1.29, 1.82) is 10.5 Å². The number of rotatable bonds is 5. The molecule has 0 aromatic heterocycles. The van der Waals surface area contributed by atoms with Gasteiger partial charge in [0.05, 0.1) is 23.3 Å². The van der Waals surface area contributed by atoms with Crippen LogP contribution < -0.4 is 0 Å². The molecule has 36 heavy (non-hydrogen) atoms. The first-order chi connectivity index (χ1) is 17.5. The van der Waals surface area contributed by atoms with E-state index in [4.69, 9.17) is 9.47 Å². The Kier molecular flexibility index (Phi) is 5.77. The molecule has 2 fully saturated rings. The van der Waals surface area contributed by atoms with Gasteiger partial charge in [0.25, 0.3) is 11.8 Å². The van der Waals surface area contributed by atoms with Crippen molar-refractivity contribution >= 4 is 11.8 Å². The molecule has 176 valence electrons. The van der Waals surface area contributed by atoms with Crippen molar-refractivity contribution in [2.45, 2.75) is 11.7 Å². The van der Waals surface area contributed by atoms with E-state index < -0.39 is 23.5 Å². The third-order valence-electron chi connectivity index (χ3n) is 6.44. The van der Waals surface area contributed by atoms with E-state index in [0.29, 0.717) is 39.9 Å². The Morgan fingerprint density at radius 3 is 1.47 bits per heavy atom. The SMILES string of the molecule is COC1(OC)[C](c2ccc(C#N)cc2)N2C(=O)C(c3ccccc3)C(=O)N2[C]1c1ccc(C#N)cc1. The van der Waals surface area contributed by atoms with Crippen LogP contribution in [-0.4, -0.2) is 41.8 Å². The lowest BCUT2D eigenvalue weighted by Gasteiger charge is -2.35. The van der Waals surface area contributed by atoms with Gasteiger partial charge in [-0.15, -0.1) is 0 Å². The van der Waals surface area contributed by atoms with Gasteiger partial charge in [0.15, 0.2) is 12.1 Å². The molecule has 2 amide bonds. The van der Waals surface area contributed by atoms with Crippen LogP contribution in [0.1, 0.15) is 33.7 Å². The van der Waals surface area contributed by atoms with Crippen LogP contribution in [0.25, 0.3) is 0 Å². The summed E-state index contributed by atoms with van der Waals surface area (Å²) in [5.41, 5.74) is 2.54. The molecule has 0 spiro atoms. The van der Waals surface area contributed by atoms with Crippen LogP contribution in [-0.2, 0) is 19.1 Å². The molecule has 8 nitrogen and oxygen atoms in total. The number of fused-ring (bicyclic) bond motifs is 1. The lowest BCUT2D eigenvalue weighted by atomic mass is 9.87. The van der Waals surface area contributed by atoms with Crippen molar-refractivity contribution in [3.63, 3.8) is 0 Å². The highest BCUT2D eigenvalue weighted by Gasteiger charge is 2.70. The molecule has 0 N–H and O–H groups in total. The second kappa shape index (κ2) is 8.94. The molecule has 0 saturated carbocycles. The number of hydrogen-bond donors (Lipinski definition) is 0. The Hall–Kier alpha value is -4.50. The maximum atomic E-state index is 13.9. The Bertz CT molecular complexity index is 1300. The highest BCUT2D eigenvalue weighted by molar-refractivity contribution is 6.12. The smallest absolute Gasteiger partial charge is 0.259 e. The zero-order chi connectivity index (χ0) is 25.4. The minimum absolute atomic E-state index is 0.299. The lowest BCUT2D eigenvalue weighted by molar-refractivity contribution is -0.178. The number of amides is 2. The van der Waals surface area contributed by atoms with Gasteiger partial charge >= 0.3 is 0 Å². The largest absolute Gasteiger partial charge is 0.348 e. The van der Waals surface area contributed by atoms with Gasteiger partial charge in [-0.05, 0) is 41.0 Å². The summed E-state index contributed by atoms with van der Waals surface area (Å²) in [5, 5.41) is 21.1. The lowest BCUT2D eigenvalue weighted by Crippen LogP contribution is -2.47. The van der Waals surface area contributed by atoms with E-state index >= 15 is 0 Å². The van der Waals surface area contributed by atoms with Gasteiger partial charge < -0.3 is 9.47 Å². The first kappa shape index (κ1) is 23.3. The molecule has 0 bridgehead atoms. The molecule has 0 aliphatic carbocycles. The van der Waals surface area contributed by atoms with Crippen LogP contribution in [0.3, 0.4) is 0 Å². The summed E-state index contributed by atoms with van der Waals surface area (Å²) >= 11 is 0. The molecule has 0 atom stereocenters. The summed E-state index contributed by atoms with van der Waals surface area (Å²) < 4.78 is 11.9. The van der Waals surface area contributed by atoms with Crippen LogP contribution in [0, 0.1) is 34.7 Å². The third kappa shape index (κ3) is 3.28. The van der Waals surface area contributed by atoms with E-state index in [2.05, 4.69) is 12.1 Å². The zero-order valence-corrected chi connectivity index (χ0v) is 19.5. The van der Waals surface area contributed by atoms with E-state index in [1.165, 1.54) is 24.2 Å². The van der Waals surface area contributed by atoms with E-state index in [9.17, 15) is 20.1 Å². The number of benzene rings is 3. The van der Waals surface area contributed by atoms with Crippen molar-refractivity contribution < 1.29 is 19.1 Å². The Balaban J connectivity index is 1.73. The maximum Gasteiger partial charge on any atom is 0.259 e. The predicted octanol–water partition coefficient (Wildman–Crippen LogP) is 3.26. The van der Waals surface area contributed by atoms with Gasteiger partial charge in [-0.2, -0.15) is 10.5 Å². The number of ether oxygens (including phenoxy) is 2. The van der Waals surface area contributed by atoms with Crippen molar-refractivity contribution in [2.24, 2.45) is 0 Å². The van der Waals surface area contributed by atoms with Crippen molar-refractivity contribution in [3.05, 3.63) is 119 Å². The number of hydrazine groups is 1. The first-order valence-electron chi connectivity index (χ1n) is 11.1. The van der Waals surface area contributed by atoms with E-state index in [0.717, 1.165) is 0 Å². The second-order valence-electron chi connectivity index (χ2n) is 8.24. The fourth-order valence-electron chi connectivity index (χ4n) is 4.79. The number of hydrogen-bond acceptors (Lipinski definition) is 6. The molecule has 5 rings (SSSR count). The van der Waals surface area contributed by atoms with Gasteiger partial charge in [-0.3, -0.25) is 9.59 Å². The number of methoxy groups -OCH3 is 2. The van der Waals surface area contributed by atoms with E-state index in [-0.39, 0.29) is 0 Å². The highest BCUT2D eigenvalue weighted by Crippen LogP contribution is 2.56. The van der Waals surface area contributed by atoms with Crippen molar-refractivity contribution in [3.8, 4) is 12.1 Å². The first-order valence-corrected chi connectivity index (χ1v) is 11.1. The molecular weight excluding hydrogens is 456 g/mol. The summed E-state index contributed by atoms with van der Waals surface area (Å²) in [6.45, 7) is 0. The molecule has 3 aromatic carbocycles. The molecule has 8 heteroatoms. The molecule has 2 heterocycles. The van der Waals surface area contributed by atoms with Gasteiger partial charge in [0.2, 0.25) is 5.79 Å². The molecule has 3 aromatic rings. The Labute approximate surface area is 208 Å². The molecule has 0 unspecified atom stereocenters. The van der Waals surface area contributed by atoms with Gasteiger partial charge in [0.1, 0.15) is 5.92 Å². The topological polar surface area (TPSA) is 107 Å². The fourth-order valence-corrected chi connectivity index (χ4v) is 4.79. The quantitative estimate of drug-likeness (QED) is 0.413. The average Bonchev–Trinajstić information content (AvgIpc) is 3.38. The average molecular weight is 476 g/mol. The molecule has 2 radical (unpaired) electrons. The standard InChI is InChI=1S/C28H20N4O4/c1-35-28(36-2)24(21-12-8-18(16-29)9-13-21)31-26(33)23(20-6-4-3-5-7-20)27(34)32(31)25(28)22-14-10-19(17-30)11-15-22/h3-15,23H,1-2H3.